The minimum atomic E-state index is -1.25. The number of nitrogens with zero attached hydrogens (tertiary/aromatic N) is 2. The summed E-state index contributed by atoms with van der Waals surface area (Å²) in [5, 5.41) is 21.2. The van der Waals surface area contributed by atoms with Crippen LogP contribution in [0.3, 0.4) is 0 Å². The van der Waals surface area contributed by atoms with Crippen molar-refractivity contribution in [1.82, 2.24) is 14.9 Å². The van der Waals surface area contributed by atoms with Crippen LogP contribution in [0.15, 0.2) is 24.3 Å². The molecule has 3 N–H and O–H groups in total. The summed E-state index contributed by atoms with van der Waals surface area (Å²) in [5.74, 6) is -1.58. The standard InChI is InChI=1S/C16H15N3O7/c1-2-3-10(16(25)26-19-14(23)6-7-15(19)24)17-11(20)8-9-18-12(21)4-5-13(18)22/h1,4-7,10,23-24H,3,8-9H2,(H,17,20)/t10-/m0/s1. The largest absolute Gasteiger partial charge is 0.492 e. The molecular weight excluding hydrogens is 346 g/mol. The SMILES string of the molecule is C#CC[C@H](NC(=O)CCN1C(=O)C=CC1=O)C(=O)On1c(O)ccc1O. The van der Waals surface area contributed by atoms with Gasteiger partial charge in [0, 0.05) is 43.7 Å². The number of amides is 3. The summed E-state index contributed by atoms with van der Waals surface area (Å²) in [5.41, 5.74) is 0. The van der Waals surface area contributed by atoms with Gasteiger partial charge in [0.1, 0.15) is 6.04 Å². The fourth-order valence-corrected chi connectivity index (χ4v) is 2.09. The molecule has 1 aromatic rings. The van der Waals surface area contributed by atoms with E-state index in [2.05, 4.69) is 11.2 Å². The molecule has 0 radical (unpaired) electrons. The van der Waals surface area contributed by atoms with E-state index in [1.807, 2.05) is 0 Å². The molecule has 0 fully saturated rings. The second-order valence-corrected chi connectivity index (χ2v) is 5.19. The predicted octanol–water partition coefficient (Wildman–Crippen LogP) is -1.32. The van der Waals surface area contributed by atoms with Crippen LogP contribution in [0.4, 0.5) is 0 Å². The highest BCUT2D eigenvalue weighted by atomic mass is 16.7. The van der Waals surface area contributed by atoms with Crippen LogP contribution in [0, 0.1) is 12.3 Å². The number of hydrogen-bond acceptors (Lipinski definition) is 7. The number of carbonyl (C=O) groups excluding carboxylic acids is 4. The maximum atomic E-state index is 12.1. The van der Waals surface area contributed by atoms with Gasteiger partial charge in [0.25, 0.3) is 11.8 Å². The first kappa shape index (κ1) is 18.6. The van der Waals surface area contributed by atoms with Crippen LogP contribution in [-0.2, 0) is 19.2 Å². The van der Waals surface area contributed by atoms with E-state index in [1.165, 1.54) is 0 Å². The Morgan fingerprint density at radius 2 is 1.77 bits per heavy atom. The molecule has 10 nitrogen and oxygen atoms in total. The lowest BCUT2D eigenvalue weighted by molar-refractivity contribution is -0.149. The summed E-state index contributed by atoms with van der Waals surface area (Å²) in [7, 11) is 0. The number of aromatic hydroxyl groups is 2. The first-order valence-electron chi connectivity index (χ1n) is 7.41. The zero-order valence-corrected chi connectivity index (χ0v) is 13.4. The van der Waals surface area contributed by atoms with Gasteiger partial charge in [-0.1, -0.05) is 0 Å². The molecule has 0 saturated carbocycles. The topological polar surface area (TPSA) is 138 Å². The van der Waals surface area contributed by atoms with Crippen molar-refractivity contribution < 1.29 is 34.2 Å². The molecule has 0 bridgehead atoms. The van der Waals surface area contributed by atoms with Gasteiger partial charge in [0.05, 0.1) is 0 Å². The second-order valence-electron chi connectivity index (χ2n) is 5.19. The Labute approximate surface area is 147 Å². The van der Waals surface area contributed by atoms with E-state index in [0.29, 0.717) is 4.73 Å². The van der Waals surface area contributed by atoms with E-state index in [-0.39, 0.29) is 19.4 Å². The zero-order valence-electron chi connectivity index (χ0n) is 13.4. The number of rotatable bonds is 7. The molecule has 2 rings (SSSR count). The quantitative estimate of drug-likeness (QED) is 0.404. The van der Waals surface area contributed by atoms with Gasteiger partial charge in [0.15, 0.2) is 0 Å². The molecule has 0 aliphatic carbocycles. The van der Waals surface area contributed by atoms with Crippen LogP contribution in [-0.4, -0.2) is 56.1 Å². The second kappa shape index (κ2) is 7.89. The Balaban J connectivity index is 1.93. The van der Waals surface area contributed by atoms with Gasteiger partial charge in [-0.2, -0.15) is 0 Å². The molecule has 3 amide bonds. The molecule has 1 atom stereocenters. The van der Waals surface area contributed by atoms with Gasteiger partial charge in [-0.3, -0.25) is 19.3 Å². The summed E-state index contributed by atoms with van der Waals surface area (Å²) >= 11 is 0. The molecule has 0 spiro atoms. The minimum Gasteiger partial charge on any atom is -0.492 e. The summed E-state index contributed by atoms with van der Waals surface area (Å²) in [6.07, 6.45) is 6.90. The van der Waals surface area contributed by atoms with E-state index in [9.17, 15) is 29.4 Å². The number of nitrogens with one attached hydrogen (secondary N) is 1. The first-order valence-corrected chi connectivity index (χ1v) is 7.41. The molecule has 0 saturated heterocycles. The third kappa shape index (κ3) is 4.21. The average Bonchev–Trinajstić information content (AvgIpc) is 3.08. The minimum absolute atomic E-state index is 0.159. The number of hydrogen-bond donors (Lipinski definition) is 3. The number of terminal acetylenes is 1. The van der Waals surface area contributed by atoms with E-state index in [4.69, 9.17) is 11.3 Å². The van der Waals surface area contributed by atoms with Gasteiger partial charge in [-0.25, -0.2) is 4.79 Å². The average molecular weight is 361 g/mol. The van der Waals surface area contributed by atoms with E-state index >= 15 is 0 Å². The molecule has 26 heavy (non-hydrogen) atoms. The normalized spacial score (nSPS) is 14.2. The van der Waals surface area contributed by atoms with Crippen LogP contribution < -0.4 is 10.2 Å². The summed E-state index contributed by atoms with van der Waals surface area (Å²) in [6, 6.07) is 0.933. The molecule has 10 heteroatoms. The monoisotopic (exact) mass is 361 g/mol. The van der Waals surface area contributed by atoms with Crippen molar-refractivity contribution in [1.29, 1.82) is 0 Å². The van der Waals surface area contributed by atoms with E-state index < -0.39 is 41.5 Å². The maximum Gasteiger partial charge on any atom is 0.356 e. The summed E-state index contributed by atoms with van der Waals surface area (Å²) in [6.45, 7) is -0.159. The molecular formula is C16H15N3O7. The smallest absolute Gasteiger partial charge is 0.356 e. The lowest BCUT2D eigenvalue weighted by Gasteiger charge is -2.17. The summed E-state index contributed by atoms with van der Waals surface area (Å²) in [4.78, 5) is 52.6. The van der Waals surface area contributed by atoms with Crippen LogP contribution in [0.1, 0.15) is 12.8 Å². The lowest BCUT2D eigenvalue weighted by atomic mass is 10.2. The van der Waals surface area contributed by atoms with Crippen LogP contribution >= 0.6 is 0 Å². The fraction of sp³-hybridized carbons (Fsp3) is 0.250. The maximum absolute atomic E-state index is 12.1. The van der Waals surface area contributed by atoms with Crippen molar-refractivity contribution >= 4 is 23.7 Å². The van der Waals surface area contributed by atoms with Crippen LogP contribution in [0.25, 0.3) is 0 Å². The number of imide groups is 1. The summed E-state index contributed by atoms with van der Waals surface area (Å²) < 4.78 is 0.464. The highest BCUT2D eigenvalue weighted by Crippen LogP contribution is 2.19. The third-order valence-electron chi connectivity index (χ3n) is 3.38. The molecule has 1 aliphatic rings. The Bertz CT molecular complexity index is 781. The zero-order chi connectivity index (χ0) is 19.3. The highest BCUT2D eigenvalue weighted by molar-refractivity contribution is 6.13. The van der Waals surface area contributed by atoms with Crippen molar-refractivity contribution in [2.24, 2.45) is 0 Å². The molecule has 0 unspecified atom stereocenters. The van der Waals surface area contributed by atoms with Gasteiger partial charge < -0.3 is 20.4 Å². The molecule has 1 aromatic heterocycles. The molecule has 1 aliphatic heterocycles. The third-order valence-corrected chi connectivity index (χ3v) is 3.38. The number of carbonyl (C=O) groups is 4. The fourth-order valence-electron chi connectivity index (χ4n) is 2.09. The van der Waals surface area contributed by atoms with Crippen LogP contribution in [0.5, 0.6) is 11.8 Å². The van der Waals surface area contributed by atoms with Gasteiger partial charge in [-0.15, -0.1) is 17.1 Å². The van der Waals surface area contributed by atoms with Gasteiger partial charge >= 0.3 is 5.97 Å². The lowest BCUT2D eigenvalue weighted by Crippen LogP contribution is -2.45. The Morgan fingerprint density at radius 3 is 2.31 bits per heavy atom. The van der Waals surface area contributed by atoms with E-state index in [0.717, 1.165) is 29.2 Å². The van der Waals surface area contributed by atoms with Crippen molar-refractivity contribution in [2.45, 2.75) is 18.9 Å². The van der Waals surface area contributed by atoms with Crippen molar-refractivity contribution in [3.8, 4) is 24.1 Å². The Morgan fingerprint density at radius 1 is 1.19 bits per heavy atom. The van der Waals surface area contributed by atoms with Crippen molar-refractivity contribution in [3.05, 3.63) is 24.3 Å². The van der Waals surface area contributed by atoms with Gasteiger partial charge in [0.2, 0.25) is 17.7 Å². The molecule has 136 valence electrons. The van der Waals surface area contributed by atoms with Crippen LogP contribution in [0.2, 0.25) is 0 Å². The van der Waals surface area contributed by atoms with Crippen molar-refractivity contribution in [3.63, 3.8) is 0 Å². The first-order chi connectivity index (χ1) is 12.3. The van der Waals surface area contributed by atoms with Gasteiger partial charge in [-0.05, 0) is 0 Å². The predicted molar refractivity (Wildman–Crippen MR) is 85.2 cm³/mol. The highest BCUT2D eigenvalue weighted by Gasteiger charge is 2.27. The Kier molecular flexibility index (Phi) is 5.64. The van der Waals surface area contributed by atoms with E-state index in [1.54, 1.807) is 0 Å². The molecule has 2 heterocycles. The molecule has 0 aromatic carbocycles. The number of aromatic nitrogens is 1. The van der Waals surface area contributed by atoms with Crippen molar-refractivity contribution in [2.75, 3.05) is 6.54 Å². The Hall–Kier alpha value is -3.74.